The predicted molar refractivity (Wildman–Crippen MR) is 78.0 cm³/mol. The van der Waals surface area contributed by atoms with E-state index in [9.17, 15) is 17.2 Å². The van der Waals surface area contributed by atoms with Crippen LogP contribution in [0.25, 0.3) is 0 Å². The van der Waals surface area contributed by atoms with Crippen molar-refractivity contribution in [2.24, 2.45) is 0 Å². The summed E-state index contributed by atoms with van der Waals surface area (Å²) in [6, 6.07) is 4.61. The number of hydrogen-bond donors (Lipinski definition) is 2. The summed E-state index contributed by atoms with van der Waals surface area (Å²) in [5.41, 5.74) is 5.13. The summed E-state index contributed by atoms with van der Waals surface area (Å²) in [7, 11) is -4.18. The van der Waals surface area contributed by atoms with Crippen molar-refractivity contribution in [2.45, 2.75) is 4.90 Å². The number of nitrogen functional groups attached to an aromatic ring is 1. The zero-order valence-electron chi connectivity index (χ0n) is 10.2. The van der Waals surface area contributed by atoms with E-state index in [1.807, 2.05) is 0 Å². The molecule has 2 aromatic rings. The molecule has 0 unspecified atom stereocenters. The third kappa shape index (κ3) is 3.55. The first-order chi connectivity index (χ1) is 9.69. The van der Waals surface area contributed by atoms with Crippen LogP contribution < -0.4 is 10.5 Å². The molecule has 0 fully saturated rings. The Balaban J connectivity index is 2.47. The van der Waals surface area contributed by atoms with Crippen molar-refractivity contribution in [3.05, 3.63) is 52.0 Å². The van der Waals surface area contributed by atoms with Crippen LogP contribution in [0.2, 0.25) is 10.0 Å². The van der Waals surface area contributed by atoms with Gasteiger partial charge in [-0.2, -0.15) is 0 Å². The highest BCUT2D eigenvalue weighted by Crippen LogP contribution is 2.33. The lowest BCUT2D eigenvalue weighted by Gasteiger charge is -2.12. The van der Waals surface area contributed by atoms with E-state index in [4.69, 9.17) is 28.9 Å². The predicted octanol–water partition coefficient (Wildman–Crippen LogP) is 3.65. The zero-order valence-corrected chi connectivity index (χ0v) is 12.5. The van der Waals surface area contributed by atoms with Gasteiger partial charge in [0.05, 0.1) is 20.6 Å². The molecule has 3 N–H and O–H groups in total. The molecule has 0 saturated heterocycles. The van der Waals surface area contributed by atoms with Crippen LogP contribution in [0, 0.1) is 11.6 Å². The molecule has 0 aliphatic rings. The van der Waals surface area contributed by atoms with Gasteiger partial charge in [0.15, 0.2) is 0 Å². The van der Waals surface area contributed by atoms with Gasteiger partial charge in [0, 0.05) is 5.69 Å². The van der Waals surface area contributed by atoms with E-state index in [1.165, 1.54) is 0 Å². The Morgan fingerprint density at radius 3 is 2.00 bits per heavy atom. The SMILES string of the molecule is Nc1cc(F)cc(S(=O)(=O)Nc2c(Cl)cc(F)cc2Cl)c1. The average Bonchev–Trinajstić information content (AvgIpc) is 2.32. The smallest absolute Gasteiger partial charge is 0.262 e. The van der Waals surface area contributed by atoms with Gasteiger partial charge >= 0.3 is 0 Å². The number of rotatable bonds is 3. The second-order valence-corrected chi connectivity index (χ2v) is 6.57. The van der Waals surface area contributed by atoms with Gasteiger partial charge in [0.1, 0.15) is 11.6 Å². The van der Waals surface area contributed by atoms with Gasteiger partial charge in [-0.25, -0.2) is 17.2 Å². The van der Waals surface area contributed by atoms with Crippen LogP contribution in [0.5, 0.6) is 0 Å². The Morgan fingerprint density at radius 2 is 1.48 bits per heavy atom. The number of benzene rings is 2. The highest BCUT2D eigenvalue weighted by molar-refractivity contribution is 7.92. The Labute approximate surface area is 129 Å². The lowest BCUT2D eigenvalue weighted by molar-refractivity contribution is 0.595. The minimum Gasteiger partial charge on any atom is -0.399 e. The molecule has 0 atom stereocenters. The van der Waals surface area contributed by atoms with E-state index in [0.717, 1.165) is 30.3 Å². The van der Waals surface area contributed by atoms with Gasteiger partial charge in [0.2, 0.25) is 0 Å². The Kier molecular flexibility index (Phi) is 4.27. The standard InChI is InChI=1S/C12H8Cl2F2N2O2S/c13-10-3-7(16)4-11(14)12(10)18-21(19,20)9-2-6(15)1-8(17)5-9/h1-5,18H,17H2. The molecule has 21 heavy (non-hydrogen) atoms. The third-order valence-electron chi connectivity index (χ3n) is 2.45. The van der Waals surface area contributed by atoms with Gasteiger partial charge in [-0.1, -0.05) is 23.2 Å². The van der Waals surface area contributed by atoms with Gasteiger partial charge in [-0.3, -0.25) is 4.72 Å². The molecule has 2 rings (SSSR count). The molecule has 0 radical (unpaired) electrons. The number of hydrogen-bond acceptors (Lipinski definition) is 3. The minimum absolute atomic E-state index is 0.0633. The number of nitrogens with one attached hydrogen (secondary N) is 1. The maximum Gasteiger partial charge on any atom is 0.262 e. The van der Waals surface area contributed by atoms with Crippen molar-refractivity contribution in [3.8, 4) is 0 Å². The van der Waals surface area contributed by atoms with Crippen molar-refractivity contribution in [1.82, 2.24) is 0 Å². The molecule has 0 aliphatic heterocycles. The van der Waals surface area contributed by atoms with Crippen molar-refractivity contribution >= 4 is 44.6 Å². The van der Waals surface area contributed by atoms with E-state index in [-0.39, 0.29) is 21.4 Å². The largest absolute Gasteiger partial charge is 0.399 e. The summed E-state index contributed by atoms with van der Waals surface area (Å²) in [4.78, 5) is -0.406. The van der Waals surface area contributed by atoms with Crippen LogP contribution in [0.3, 0.4) is 0 Å². The molecular weight excluding hydrogens is 345 g/mol. The number of anilines is 2. The second-order valence-electron chi connectivity index (χ2n) is 4.07. The third-order valence-corrected chi connectivity index (χ3v) is 4.37. The molecule has 0 spiro atoms. The van der Waals surface area contributed by atoms with E-state index in [0.29, 0.717) is 0 Å². The van der Waals surface area contributed by atoms with Crippen molar-refractivity contribution in [2.75, 3.05) is 10.5 Å². The maximum absolute atomic E-state index is 13.2. The van der Waals surface area contributed by atoms with Crippen LogP contribution in [0.4, 0.5) is 20.2 Å². The molecule has 0 aliphatic carbocycles. The lowest BCUT2D eigenvalue weighted by atomic mass is 10.3. The van der Waals surface area contributed by atoms with E-state index in [1.54, 1.807) is 0 Å². The molecular formula is C12H8Cl2F2N2O2S. The molecule has 4 nitrogen and oxygen atoms in total. The number of halogens is 4. The Morgan fingerprint density at radius 1 is 0.952 bits per heavy atom. The van der Waals surface area contributed by atoms with Crippen LogP contribution in [-0.4, -0.2) is 8.42 Å². The van der Waals surface area contributed by atoms with Gasteiger partial charge in [0.25, 0.3) is 10.0 Å². The Bertz CT molecular complexity index is 770. The monoisotopic (exact) mass is 352 g/mol. The summed E-state index contributed by atoms with van der Waals surface area (Å²) in [5.74, 6) is -1.53. The quantitative estimate of drug-likeness (QED) is 0.828. The van der Waals surface area contributed by atoms with Crippen molar-refractivity contribution < 1.29 is 17.2 Å². The second kappa shape index (κ2) is 5.67. The van der Waals surface area contributed by atoms with Gasteiger partial charge < -0.3 is 5.73 Å². The average molecular weight is 353 g/mol. The van der Waals surface area contributed by atoms with Crippen LogP contribution in [-0.2, 0) is 10.0 Å². The molecule has 0 amide bonds. The van der Waals surface area contributed by atoms with Crippen LogP contribution in [0.15, 0.2) is 35.2 Å². The van der Waals surface area contributed by atoms with Crippen molar-refractivity contribution in [1.29, 1.82) is 0 Å². The maximum atomic E-state index is 13.2. The summed E-state index contributed by atoms with van der Waals surface area (Å²) >= 11 is 11.5. The first-order valence-electron chi connectivity index (χ1n) is 5.42. The summed E-state index contributed by atoms with van der Waals surface area (Å²) in [5, 5.41) is -0.457. The van der Waals surface area contributed by atoms with E-state index < -0.39 is 26.6 Å². The molecule has 0 heterocycles. The highest BCUT2D eigenvalue weighted by Gasteiger charge is 2.19. The molecule has 112 valence electrons. The van der Waals surface area contributed by atoms with Gasteiger partial charge in [-0.05, 0) is 30.3 Å². The Hall–Kier alpha value is -1.57. The summed E-state index contributed by atoms with van der Waals surface area (Å²) in [6.45, 7) is 0. The minimum atomic E-state index is -4.18. The topological polar surface area (TPSA) is 72.2 Å². The molecule has 2 aromatic carbocycles. The van der Waals surface area contributed by atoms with Crippen LogP contribution >= 0.6 is 23.2 Å². The fourth-order valence-electron chi connectivity index (χ4n) is 1.57. The molecule has 0 saturated carbocycles. The van der Waals surface area contributed by atoms with E-state index >= 15 is 0 Å². The molecule has 0 aromatic heterocycles. The van der Waals surface area contributed by atoms with Gasteiger partial charge in [-0.15, -0.1) is 0 Å². The van der Waals surface area contributed by atoms with Crippen LogP contribution in [0.1, 0.15) is 0 Å². The lowest BCUT2D eigenvalue weighted by Crippen LogP contribution is -2.14. The molecule has 9 heteroatoms. The first-order valence-corrected chi connectivity index (χ1v) is 7.66. The molecule has 0 bridgehead atoms. The van der Waals surface area contributed by atoms with E-state index in [2.05, 4.69) is 4.72 Å². The summed E-state index contributed by atoms with van der Waals surface area (Å²) < 4.78 is 52.7. The van der Waals surface area contributed by atoms with Crippen molar-refractivity contribution in [3.63, 3.8) is 0 Å². The first kappa shape index (κ1) is 15.8. The normalized spacial score (nSPS) is 11.4. The fraction of sp³-hybridized carbons (Fsp3) is 0. The fourth-order valence-corrected chi connectivity index (χ4v) is 3.40. The number of nitrogens with two attached hydrogens (primary N) is 1. The zero-order chi connectivity index (χ0) is 15.8. The number of sulfonamides is 1. The summed E-state index contributed by atoms with van der Waals surface area (Å²) in [6.07, 6.45) is 0. The highest BCUT2D eigenvalue weighted by atomic mass is 35.5.